The third kappa shape index (κ3) is 2.48. The molecule has 100 valence electrons. The molecule has 0 aliphatic heterocycles. The number of nitro groups is 1. The molecule has 1 aromatic carbocycles. The quantitative estimate of drug-likeness (QED) is 0.445. The number of aromatic amines is 1. The Morgan fingerprint density at radius 3 is 2.80 bits per heavy atom. The summed E-state index contributed by atoms with van der Waals surface area (Å²) < 4.78 is 0. The maximum atomic E-state index is 11.0. The van der Waals surface area contributed by atoms with Gasteiger partial charge < -0.3 is 4.98 Å². The molecule has 2 heterocycles. The van der Waals surface area contributed by atoms with Crippen molar-refractivity contribution in [3.63, 3.8) is 0 Å². The summed E-state index contributed by atoms with van der Waals surface area (Å²) in [6, 6.07) is 12.5. The highest BCUT2D eigenvalue weighted by atomic mass is 35.5. The minimum absolute atomic E-state index is 0.0574. The predicted octanol–water partition coefficient (Wildman–Crippen LogP) is 4.28. The van der Waals surface area contributed by atoms with E-state index < -0.39 is 4.92 Å². The van der Waals surface area contributed by atoms with Gasteiger partial charge in [-0.15, -0.1) is 0 Å². The number of aromatic nitrogens is 2. The second-order valence-electron chi connectivity index (χ2n) is 4.04. The zero-order chi connectivity index (χ0) is 14.1. The Kier molecular flexibility index (Phi) is 3.33. The second kappa shape index (κ2) is 5.15. The molecular formula is C13H8ClN3O2S. The summed E-state index contributed by atoms with van der Waals surface area (Å²) in [4.78, 5) is 17.7. The van der Waals surface area contributed by atoms with Crippen molar-refractivity contribution in [2.24, 2.45) is 0 Å². The molecule has 3 rings (SSSR count). The van der Waals surface area contributed by atoms with Gasteiger partial charge in [-0.1, -0.05) is 29.8 Å². The molecule has 0 bridgehead atoms. The number of benzene rings is 1. The van der Waals surface area contributed by atoms with Crippen LogP contribution in [0.1, 0.15) is 0 Å². The number of nitrogens with zero attached hydrogens (tertiary/aromatic N) is 2. The van der Waals surface area contributed by atoms with Crippen molar-refractivity contribution in [2.45, 2.75) is 10.1 Å². The van der Waals surface area contributed by atoms with E-state index in [0.717, 1.165) is 15.9 Å². The fraction of sp³-hybridized carbons (Fsp3) is 0. The van der Waals surface area contributed by atoms with Gasteiger partial charge in [-0.05, 0) is 30.0 Å². The van der Waals surface area contributed by atoms with Gasteiger partial charge in [0.1, 0.15) is 5.15 Å². The van der Waals surface area contributed by atoms with Crippen molar-refractivity contribution in [3.05, 3.63) is 57.7 Å². The lowest BCUT2D eigenvalue weighted by Gasteiger charge is -2.00. The molecule has 0 aliphatic rings. The van der Waals surface area contributed by atoms with E-state index >= 15 is 0 Å². The average Bonchev–Trinajstić information content (AvgIpc) is 2.80. The Balaban J connectivity index is 2.01. The van der Waals surface area contributed by atoms with E-state index in [1.54, 1.807) is 0 Å². The monoisotopic (exact) mass is 305 g/mol. The van der Waals surface area contributed by atoms with Crippen molar-refractivity contribution in [2.75, 3.05) is 0 Å². The lowest BCUT2D eigenvalue weighted by molar-refractivity contribution is -0.388. The fourth-order valence-corrected chi connectivity index (χ4v) is 2.97. The maximum Gasteiger partial charge on any atom is 0.301 e. The van der Waals surface area contributed by atoms with Gasteiger partial charge in [-0.3, -0.25) is 10.1 Å². The summed E-state index contributed by atoms with van der Waals surface area (Å²) in [5.74, 6) is 0. The lowest BCUT2D eigenvalue weighted by atomic mass is 10.3. The smallest absolute Gasteiger partial charge is 0.301 e. The molecule has 5 nitrogen and oxygen atoms in total. The van der Waals surface area contributed by atoms with E-state index in [4.69, 9.17) is 11.6 Å². The number of para-hydroxylation sites is 1. The number of H-pyrrole nitrogens is 1. The van der Waals surface area contributed by atoms with Crippen LogP contribution >= 0.6 is 23.4 Å². The molecule has 0 aliphatic carbocycles. The summed E-state index contributed by atoms with van der Waals surface area (Å²) >= 11 is 7.00. The van der Waals surface area contributed by atoms with Crippen molar-refractivity contribution in [1.29, 1.82) is 0 Å². The molecule has 3 aromatic rings. The summed E-state index contributed by atoms with van der Waals surface area (Å²) in [5.41, 5.74) is 0.915. The number of hydrogen-bond donors (Lipinski definition) is 1. The second-order valence-corrected chi connectivity index (χ2v) is 5.46. The minimum atomic E-state index is -0.464. The number of halogens is 1. The summed E-state index contributed by atoms with van der Waals surface area (Å²) in [7, 11) is 0. The molecular weight excluding hydrogens is 298 g/mol. The van der Waals surface area contributed by atoms with E-state index in [0.29, 0.717) is 0 Å². The van der Waals surface area contributed by atoms with Crippen LogP contribution in [0.15, 0.2) is 52.5 Å². The summed E-state index contributed by atoms with van der Waals surface area (Å²) in [6.07, 6.45) is 0. The van der Waals surface area contributed by atoms with Crippen molar-refractivity contribution >= 4 is 40.0 Å². The first-order chi connectivity index (χ1) is 9.63. The number of fused-ring (bicyclic) bond motifs is 1. The largest absolute Gasteiger partial charge is 0.349 e. The SMILES string of the molecule is O=[N+]([O-])c1ccc(Cl)nc1Sc1cc2ccccc2[nH]1. The molecule has 1 N–H and O–H groups in total. The first kappa shape index (κ1) is 13.0. The Hall–Kier alpha value is -2.05. The number of pyridine rings is 1. The molecule has 0 amide bonds. The molecule has 0 unspecified atom stereocenters. The number of hydrogen-bond acceptors (Lipinski definition) is 4. The maximum absolute atomic E-state index is 11.0. The van der Waals surface area contributed by atoms with Crippen molar-refractivity contribution < 1.29 is 4.92 Å². The predicted molar refractivity (Wildman–Crippen MR) is 78.3 cm³/mol. The van der Waals surface area contributed by atoms with Crippen LogP contribution in [0.25, 0.3) is 10.9 Å². The lowest BCUT2D eigenvalue weighted by Crippen LogP contribution is -1.93. The van der Waals surface area contributed by atoms with Crippen LogP contribution < -0.4 is 0 Å². The standard InChI is InChI=1S/C13H8ClN3O2S/c14-11-6-5-10(17(18)19)13(16-11)20-12-7-8-3-1-2-4-9(8)15-12/h1-7,15H. The van der Waals surface area contributed by atoms with E-state index in [2.05, 4.69) is 9.97 Å². The molecule has 0 saturated heterocycles. The third-order valence-electron chi connectivity index (χ3n) is 2.71. The Labute approximate surface area is 123 Å². The molecule has 7 heteroatoms. The van der Waals surface area contributed by atoms with Crippen LogP contribution in [0.5, 0.6) is 0 Å². The van der Waals surface area contributed by atoms with Crippen molar-refractivity contribution in [3.8, 4) is 0 Å². The van der Waals surface area contributed by atoms with E-state index in [9.17, 15) is 10.1 Å². The highest BCUT2D eigenvalue weighted by molar-refractivity contribution is 7.99. The van der Waals surface area contributed by atoms with E-state index in [-0.39, 0.29) is 15.9 Å². The van der Waals surface area contributed by atoms with Gasteiger partial charge in [-0.2, -0.15) is 0 Å². The van der Waals surface area contributed by atoms with Gasteiger partial charge in [0, 0.05) is 17.0 Å². The zero-order valence-electron chi connectivity index (χ0n) is 10.0. The zero-order valence-corrected chi connectivity index (χ0v) is 11.6. The highest BCUT2D eigenvalue weighted by Crippen LogP contribution is 2.34. The summed E-state index contributed by atoms with van der Waals surface area (Å²) in [6.45, 7) is 0. The van der Waals surface area contributed by atoms with Gasteiger partial charge in [0.2, 0.25) is 0 Å². The average molecular weight is 306 g/mol. The Bertz CT molecular complexity index is 770. The third-order valence-corrected chi connectivity index (χ3v) is 3.86. The Morgan fingerprint density at radius 2 is 2.05 bits per heavy atom. The molecule has 20 heavy (non-hydrogen) atoms. The van der Waals surface area contributed by atoms with Crippen LogP contribution in [0, 0.1) is 10.1 Å². The summed E-state index contributed by atoms with van der Waals surface area (Å²) in [5, 5.41) is 13.3. The molecule has 2 aromatic heterocycles. The molecule has 0 spiro atoms. The van der Waals surface area contributed by atoms with Gasteiger partial charge in [0.05, 0.1) is 9.95 Å². The highest BCUT2D eigenvalue weighted by Gasteiger charge is 2.17. The molecule has 0 saturated carbocycles. The molecule has 0 radical (unpaired) electrons. The van der Waals surface area contributed by atoms with E-state index in [1.807, 2.05) is 30.3 Å². The van der Waals surface area contributed by atoms with Crippen LogP contribution in [-0.4, -0.2) is 14.9 Å². The van der Waals surface area contributed by atoms with Crippen LogP contribution in [-0.2, 0) is 0 Å². The topological polar surface area (TPSA) is 71.8 Å². The first-order valence-corrected chi connectivity index (χ1v) is 6.89. The fourth-order valence-electron chi connectivity index (χ4n) is 1.83. The van der Waals surface area contributed by atoms with Crippen molar-refractivity contribution in [1.82, 2.24) is 9.97 Å². The van der Waals surface area contributed by atoms with Crippen LogP contribution in [0.2, 0.25) is 5.15 Å². The minimum Gasteiger partial charge on any atom is -0.349 e. The molecule has 0 atom stereocenters. The van der Waals surface area contributed by atoms with Gasteiger partial charge in [-0.25, -0.2) is 4.98 Å². The van der Waals surface area contributed by atoms with E-state index in [1.165, 1.54) is 23.9 Å². The van der Waals surface area contributed by atoms with Crippen LogP contribution in [0.4, 0.5) is 5.69 Å². The van der Waals surface area contributed by atoms with Gasteiger partial charge in [0.25, 0.3) is 0 Å². The number of rotatable bonds is 3. The molecule has 0 fully saturated rings. The normalized spacial score (nSPS) is 10.8. The number of nitrogens with one attached hydrogen (secondary N) is 1. The first-order valence-electron chi connectivity index (χ1n) is 5.70. The van der Waals surface area contributed by atoms with Crippen LogP contribution in [0.3, 0.4) is 0 Å². The Morgan fingerprint density at radius 1 is 1.25 bits per heavy atom. The van der Waals surface area contributed by atoms with Gasteiger partial charge in [0.15, 0.2) is 5.03 Å². The van der Waals surface area contributed by atoms with Gasteiger partial charge >= 0.3 is 5.69 Å².